The van der Waals surface area contributed by atoms with Crippen LogP contribution in [-0.4, -0.2) is 38.0 Å². The fourth-order valence-electron chi connectivity index (χ4n) is 5.88. The molecule has 1 saturated carbocycles. The van der Waals surface area contributed by atoms with Crippen LogP contribution in [0.1, 0.15) is 31.2 Å². The number of anilines is 2. The first-order valence-corrected chi connectivity index (χ1v) is 16.4. The van der Waals surface area contributed by atoms with E-state index in [1.54, 1.807) is 24.3 Å². The number of nitrogens with one attached hydrogen (secondary N) is 3. The van der Waals surface area contributed by atoms with E-state index in [0.717, 1.165) is 71.7 Å². The van der Waals surface area contributed by atoms with Gasteiger partial charge in [0.2, 0.25) is 16.0 Å². The molecule has 43 heavy (non-hydrogen) atoms. The predicted octanol–water partition coefficient (Wildman–Crippen LogP) is 6.77. The van der Waals surface area contributed by atoms with Crippen molar-refractivity contribution < 1.29 is 12.8 Å². The molecule has 5 aromatic rings. The average molecular weight is 598 g/mol. The first-order valence-electron chi connectivity index (χ1n) is 14.9. The third-order valence-corrected chi connectivity index (χ3v) is 9.82. The Morgan fingerprint density at radius 2 is 1.40 bits per heavy atom. The van der Waals surface area contributed by atoms with Crippen LogP contribution < -0.4 is 15.4 Å². The Labute approximate surface area is 252 Å². The van der Waals surface area contributed by atoms with Crippen molar-refractivity contribution in [1.82, 2.24) is 14.7 Å². The molecule has 3 N–H and O–H groups in total. The molecule has 0 saturated heterocycles. The molecule has 0 bridgehead atoms. The van der Waals surface area contributed by atoms with Gasteiger partial charge in [0.1, 0.15) is 11.6 Å². The van der Waals surface area contributed by atoms with Crippen LogP contribution in [-0.2, 0) is 16.4 Å². The van der Waals surface area contributed by atoms with Crippen LogP contribution in [0.15, 0.2) is 95.9 Å². The van der Waals surface area contributed by atoms with E-state index in [0.29, 0.717) is 35.8 Å². The highest BCUT2D eigenvalue weighted by atomic mass is 32.2. The highest BCUT2D eigenvalue weighted by Gasteiger charge is 2.24. The van der Waals surface area contributed by atoms with E-state index in [4.69, 9.17) is 9.97 Å². The van der Waals surface area contributed by atoms with Gasteiger partial charge in [-0.25, -0.2) is 22.5 Å². The van der Waals surface area contributed by atoms with E-state index in [1.807, 2.05) is 54.6 Å². The van der Waals surface area contributed by atoms with Crippen molar-refractivity contribution in [2.24, 2.45) is 11.8 Å². The highest BCUT2D eigenvalue weighted by molar-refractivity contribution is 7.89. The van der Waals surface area contributed by atoms with Crippen LogP contribution in [0.5, 0.6) is 0 Å². The van der Waals surface area contributed by atoms with Gasteiger partial charge in [0, 0.05) is 30.4 Å². The summed E-state index contributed by atoms with van der Waals surface area (Å²) in [6.45, 7) is 1.88. The van der Waals surface area contributed by atoms with Crippen molar-refractivity contribution in [3.63, 3.8) is 0 Å². The maximum Gasteiger partial charge on any atom is 0.241 e. The van der Waals surface area contributed by atoms with Gasteiger partial charge in [0.25, 0.3) is 0 Å². The number of aromatic nitrogens is 2. The number of hydrogen-bond donors (Lipinski definition) is 3. The lowest BCUT2D eigenvalue weighted by Gasteiger charge is -2.28. The maximum absolute atomic E-state index is 13.2. The average Bonchev–Trinajstić information content (AvgIpc) is 3.04. The van der Waals surface area contributed by atoms with Gasteiger partial charge in [-0.15, -0.1) is 0 Å². The molecule has 0 amide bonds. The second-order valence-corrected chi connectivity index (χ2v) is 13.0. The van der Waals surface area contributed by atoms with Gasteiger partial charge in [-0.2, -0.15) is 4.98 Å². The molecule has 0 atom stereocenters. The quantitative estimate of drug-likeness (QED) is 0.156. The Bertz CT molecular complexity index is 1800. The van der Waals surface area contributed by atoms with E-state index >= 15 is 0 Å². The van der Waals surface area contributed by atoms with Crippen LogP contribution in [0.2, 0.25) is 0 Å². The minimum absolute atomic E-state index is 0.232. The van der Waals surface area contributed by atoms with Gasteiger partial charge in [-0.05, 0) is 85.2 Å². The number of fused-ring (bicyclic) bond motifs is 2. The summed E-state index contributed by atoms with van der Waals surface area (Å²) in [5.41, 5.74) is 1.93. The van der Waals surface area contributed by atoms with Crippen molar-refractivity contribution in [3.8, 4) is 0 Å². The summed E-state index contributed by atoms with van der Waals surface area (Å²) in [5, 5.41) is 9.52. The van der Waals surface area contributed by atoms with Crippen molar-refractivity contribution in [1.29, 1.82) is 0 Å². The first-order chi connectivity index (χ1) is 20.9. The molecule has 1 fully saturated rings. The molecule has 0 unspecified atom stereocenters. The molecular formula is C34H36FN5O2S. The second-order valence-electron chi connectivity index (χ2n) is 11.3. The zero-order valence-corrected chi connectivity index (χ0v) is 24.8. The molecule has 0 spiro atoms. The predicted molar refractivity (Wildman–Crippen MR) is 171 cm³/mol. The third kappa shape index (κ3) is 7.12. The third-order valence-electron chi connectivity index (χ3n) is 8.34. The van der Waals surface area contributed by atoms with Gasteiger partial charge < -0.3 is 10.6 Å². The fourth-order valence-corrected chi connectivity index (χ4v) is 7.22. The minimum Gasteiger partial charge on any atom is -0.369 e. The number of benzene rings is 4. The lowest BCUT2D eigenvalue weighted by molar-refractivity contribution is 0.284. The molecule has 1 aliphatic carbocycles. The summed E-state index contributed by atoms with van der Waals surface area (Å²) >= 11 is 0. The molecular weight excluding hydrogens is 561 g/mol. The number of rotatable bonds is 11. The van der Waals surface area contributed by atoms with Gasteiger partial charge in [-0.3, -0.25) is 0 Å². The molecule has 4 aromatic carbocycles. The SMILES string of the molecule is O=S(=O)(NCC1CCC(CNc2nc(NCCc3ccc(F)cc3)c3ccccc3n2)CC1)c1cccc2ccccc12. The van der Waals surface area contributed by atoms with Crippen LogP contribution in [0.4, 0.5) is 16.2 Å². The van der Waals surface area contributed by atoms with E-state index in [2.05, 4.69) is 15.4 Å². The summed E-state index contributed by atoms with van der Waals surface area (Å²) in [5.74, 6) is 1.92. The van der Waals surface area contributed by atoms with Crippen LogP contribution in [0.3, 0.4) is 0 Å². The Morgan fingerprint density at radius 1 is 0.721 bits per heavy atom. The molecule has 1 aromatic heterocycles. The van der Waals surface area contributed by atoms with E-state index < -0.39 is 10.0 Å². The summed E-state index contributed by atoms with van der Waals surface area (Å²) in [6.07, 6.45) is 4.73. The van der Waals surface area contributed by atoms with Crippen molar-refractivity contribution in [2.75, 3.05) is 30.3 Å². The molecule has 222 valence electrons. The largest absolute Gasteiger partial charge is 0.369 e. The topological polar surface area (TPSA) is 96.0 Å². The molecule has 9 heteroatoms. The molecule has 6 rings (SSSR count). The molecule has 1 heterocycles. The molecule has 1 aliphatic rings. The van der Waals surface area contributed by atoms with Crippen molar-refractivity contribution in [2.45, 2.75) is 37.0 Å². The maximum atomic E-state index is 13.2. The Morgan fingerprint density at radius 3 is 2.19 bits per heavy atom. The number of para-hydroxylation sites is 1. The normalized spacial score (nSPS) is 17.2. The van der Waals surface area contributed by atoms with Gasteiger partial charge in [0.15, 0.2) is 0 Å². The van der Waals surface area contributed by atoms with E-state index in [-0.39, 0.29) is 5.82 Å². The van der Waals surface area contributed by atoms with E-state index in [9.17, 15) is 12.8 Å². The lowest BCUT2D eigenvalue weighted by atomic mass is 9.82. The van der Waals surface area contributed by atoms with Gasteiger partial charge >= 0.3 is 0 Å². The summed E-state index contributed by atoms with van der Waals surface area (Å²) in [4.78, 5) is 9.86. The monoisotopic (exact) mass is 597 g/mol. The second kappa shape index (κ2) is 13.1. The van der Waals surface area contributed by atoms with Crippen LogP contribution >= 0.6 is 0 Å². The number of nitrogens with zero attached hydrogens (tertiary/aromatic N) is 2. The Balaban J connectivity index is 1.01. The standard InChI is InChI=1S/C34H36FN5O2S/c35-28-18-16-24(17-19-28)20-21-36-33-30-9-3-4-10-31(30)39-34(40-33)37-22-25-12-14-26(15-13-25)23-38-43(41,42)32-11-5-7-27-6-1-2-8-29(27)32/h1-11,16-19,25-26,38H,12-15,20-23H2,(H2,36,37,39,40). The van der Waals surface area contributed by atoms with Gasteiger partial charge in [-0.1, -0.05) is 60.7 Å². The van der Waals surface area contributed by atoms with Crippen molar-refractivity contribution >= 4 is 43.5 Å². The Hall–Kier alpha value is -4.08. The van der Waals surface area contributed by atoms with Crippen LogP contribution in [0.25, 0.3) is 21.7 Å². The smallest absolute Gasteiger partial charge is 0.241 e. The lowest BCUT2D eigenvalue weighted by Crippen LogP contribution is -2.32. The number of sulfonamides is 1. The Kier molecular flexibility index (Phi) is 8.81. The van der Waals surface area contributed by atoms with Crippen molar-refractivity contribution in [3.05, 3.63) is 102 Å². The minimum atomic E-state index is -3.59. The highest BCUT2D eigenvalue weighted by Crippen LogP contribution is 2.30. The van der Waals surface area contributed by atoms with E-state index in [1.165, 1.54) is 12.1 Å². The first kappa shape index (κ1) is 29.0. The zero-order chi connectivity index (χ0) is 29.6. The fraction of sp³-hybridized carbons (Fsp3) is 0.294. The number of halogens is 1. The van der Waals surface area contributed by atoms with Gasteiger partial charge in [0.05, 0.1) is 10.4 Å². The number of hydrogen-bond acceptors (Lipinski definition) is 6. The molecule has 0 radical (unpaired) electrons. The van der Waals surface area contributed by atoms with Crippen LogP contribution in [0, 0.1) is 17.7 Å². The summed E-state index contributed by atoms with van der Waals surface area (Å²) in [6, 6.07) is 27.5. The molecule has 7 nitrogen and oxygen atoms in total. The summed E-state index contributed by atoms with van der Waals surface area (Å²) < 4.78 is 42.4. The molecule has 0 aliphatic heterocycles. The zero-order valence-electron chi connectivity index (χ0n) is 24.0. The summed E-state index contributed by atoms with van der Waals surface area (Å²) in [7, 11) is -3.59.